The van der Waals surface area contributed by atoms with E-state index < -0.39 is 12.2 Å². The Morgan fingerprint density at radius 1 is 1.10 bits per heavy atom. The molecule has 6 nitrogen and oxygen atoms in total. The predicted octanol–water partition coefficient (Wildman–Crippen LogP) is 2.34. The average molecular weight is 273 g/mol. The Morgan fingerprint density at radius 2 is 1.75 bits per heavy atom. The number of benzene rings is 2. The summed E-state index contributed by atoms with van der Waals surface area (Å²) in [5.41, 5.74) is 0.440. The molecule has 0 spiro atoms. The lowest BCUT2D eigenvalue weighted by Crippen LogP contribution is -2.29. The fourth-order valence-corrected chi connectivity index (χ4v) is 1.62. The molecule has 1 N–H and O–H groups in total. The molecular formula is C13H12BNO5. The smallest absolute Gasteiger partial charge is 0.501 e. The van der Waals surface area contributed by atoms with Crippen LogP contribution in [0.15, 0.2) is 48.5 Å². The molecule has 0 saturated carbocycles. The van der Waals surface area contributed by atoms with Crippen molar-refractivity contribution in [1.29, 1.82) is 0 Å². The van der Waals surface area contributed by atoms with Crippen LogP contribution >= 0.6 is 0 Å². The van der Waals surface area contributed by atoms with Crippen LogP contribution in [0.4, 0.5) is 5.69 Å². The Morgan fingerprint density at radius 3 is 2.40 bits per heavy atom. The highest BCUT2D eigenvalue weighted by Crippen LogP contribution is 2.24. The second-order valence-corrected chi connectivity index (χ2v) is 4.06. The van der Waals surface area contributed by atoms with Crippen LogP contribution in [0.2, 0.25) is 0 Å². The van der Waals surface area contributed by atoms with Gasteiger partial charge in [-0.1, -0.05) is 18.2 Å². The van der Waals surface area contributed by atoms with Gasteiger partial charge in [0, 0.05) is 5.56 Å². The molecule has 0 unspecified atom stereocenters. The number of rotatable bonds is 5. The summed E-state index contributed by atoms with van der Waals surface area (Å²) < 4.78 is 10.2. The first kappa shape index (κ1) is 13.9. The monoisotopic (exact) mass is 273 g/mol. The van der Waals surface area contributed by atoms with Gasteiger partial charge in [-0.3, -0.25) is 10.1 Å². The molecule has 0 fully saturated rings. The maximum Gasteiger partial charge on any atom is 0.785 e. The first-order chi connectivity index (χ1) is 9.56. The molecule has 0 amide bonds. The third-order valence-electron chi connectivity index (χ3n) is 2.59. The molecule has 2 rings (SSSR count). The highest BCUT2D eigenvalue weighted by atomic mass is 16.7. The first-order valence-corrected chi connectivity index (χ1v) is 5.88. The zero-order valence-corrected chi connectivity index (χ0v) is 10.7. The number of nitro groups is 1. The van der Waals surface area contributed by atoms with E-state index in [4.69, 9.17) is 9.31 Å². The Kier molecular flexibility index (Phi) is 4.22. The molecule has 0 bridgehead atoms. The van der Waals surface area contributed by atoms with Crippen molar-refractivity contribution in [2.45, 2.75) is 6.92 Å². The maximum atomic E-state index is 10.8. The van der Waals surface area contributed by atoms with Gasteiger partial charge >= 0.3 is 7.32 Å². The van der Waals surface area contributed by atoms with Crippen molar-refractivity contribution >= 4 is 13.0 Å². The van der Waals surface area contributed by atoms with E-state index in [-0.39, 0.29) is 11.4 Å². The lowest BCUT2D eigenvalue weighted by Gasteiger charge is -2.11. The van der Waals surface area contributed by atoms with Gasteiger partial charge in [0.05, 0.1) is 11.0 Å². The summed E-state index contributed by atoms with van der Waals surface area (Å²) >= 11 is 0. The fourth-order valence-electron chi connectivity index (χ4n) is 1.62. The van der Waals surface area contributed by atoms with E-state index in [1.54, 1.807) is 37.3 Å². The summed E-state index contributed by atoms with van der Waals surface area (Å²) in [6, 6.07) is 12.9. The Balaban J connectivity index is 2.06. The van der Waals surface area contributed by atoms with Crippen LogP contribution in [0.3, 0.4) is 0 Å². The molecule has 0 saturated heterocycles. The number of para-hydroxylation sites is 1. The second-order valence-electron chi connectivity index (χ2n) is 4.06. The van der Waals surface area contributed by atoms with Crippen molar-refractivity contribution in [3.8, 4) is 11.5 Å². The minimum atomic E-state index is -1.54. The first-order valence-electron chi connectivity index (χ1n) is 5.88. The SMILES string of the molecule is Cc1ccc(OB(O)Oc2ccccc2)cc1[N+](=O)[O-]. The van der Waals surface area contributed by atoms with Gasteiger partial charge in [0.25, 0.3) is 5.69 Å². The Bertz CT molecular complexity index is 605. The quantitative estimate of drug-likeness (QED) is 0.513. The van der Waals surface area contributed by atoms with Crippen molar-refractivity contribution in [2.75, 3.05) is 0 Å². The van der Waals surface area contributed by atoms with Gasteiger partial charge in [0.15, 0.2) is 0 Å². The zero-order valence-electron chi connectivity index (χ0n) is 10.7. The summed E-state index contributed by atoms with van der Waals surface area (Å²) in [5.74, 6) is 0.590. The van der Waals surface area contributed by atoms with Gasteiger partial charge < -0.3 is 14.3 Å². The highest BCUT2D eigenvalue weighted by molar-refractivity contribution is 6.36. The summed E-state index contributed by atoms with van der Waals surface area (Å²) in [5, 5.41) is 20.4. The molecule has 0 heterocycles. The Hall–Kier alpha value is -2.54. The number of aryl methyl sites for hydroxylation is 1. The molecule has 0 aromatic heterocycles. The molecule has 7 heteroatoms. The summed E-state index contributed by atoms with van der Waals surface area (Å²) in [6.45, 7) is 1.62. The number of hydrogen-bond donors (Lipinski definition) is 1. The van der Waals surface area contributed by atoms with Gasteiger partial charge in [-0.2, -0.15) is 0 Å². The van der Waals surface area contributed by atoms with Crippen molar-refractivity contribution < 1.29 is 19.3 Å². The minimum Gasteiger partial charge on any atom is -0.501 e. The normalized spacial score (nSPS) is 9.90. The van der Waals surface area contributed by atoms with Crippen LogP contribution < -0.4 is 9.31 Å². The fraction of sp³-hybridized carbons (Fsp3) is 0.0769. The van der Waals surface area contributed by atoms with Crippen LogP contribution in [-0.2, 0) is 0 Å². The van der Waals surface area contributed by atoms with Gasteiger partial charge in [-0.05, 0) is 31.2 Å². The van der Waals surface area contributed by atoms with E-state index in [0.717, 1.165) is 0 Å². The molecule has 0 atom stereocenters. The molecule has 0 aliphatic rings. The molecule has 2 aromatic rings. The maximum absolute atomic E-state index is 10.8. The highest BCUT2D eigenvalue weighted by Gasteiger charge is 2.22. The van der Waals surface area contributed by atoms with Crippen molar-refractivity contribution in [2.24, 2.45) is 0 Å². The lowest BCUT2D eigenvalue weighted by molar-refractivity contribution is -0.385. The Labute approximate surface area is 115 Å². The van der Waals surface area contributed by atoms with E-state index >= 15 is 0 Å². The molecule has 0 aliphatic carbocycles. The van der Waals surface area contributed by atoms with Gasteiger partial charge in [0.2, 0.25) is 0 Å². The molecule has 0 aliphatic heterocycles. The average Bonchev–Trinajstić information content (AvgIpc) is 2.41. The van der Waals surface area contributed by atoms with Crippen LogP contribution in [0, 0.1) is 17.0 Å². The molecular weight excluding hydrogens is 261 g/mol. The van der Waals surface area contributed by atoms with Crippen LogP contribution in [-0.4, -0.2) is 17.3 Å². The lowest BCUT2D eigenvalue weighted by atomic mass is 10.1. The number of hydrogen-bond acceptors (Lipinski definition) is 5. The summed E-state index contributed by atoms with van der Waals surface area (Å²) in [7, 11) is -1.54. The predicted molar refractivity (Wildman–Crippen MR) is 73.5 cm³/mol. The van der Waals surface area contributed by atoms with E-state index in [1.807, 2.05) is 6.07 Å². The topological polar surface area (TPSA) is 81.8 Å². The van der Waals surface area contributed by atoms with Crippen LogP contribution in [0.1, 0.15) is 5.56 Å². The molecule has 102 valence electrons. The standard InChI is InChI=1S/C13H12BNO5/c1-10-7-8-12(9-13(10)15(17)18)20-14(16)19-11-5-3-2-4-6-11/h2-9,16H,1H3. The largest absolute Gasteiger partial charge is 0.785 e. The molecule has 20 heavy (non-hydrogen) atoms. The van der Waals surface area contributed by atoms with E-state index in [1.165, 1.54) is 12.1 Å². The zero-order chi connectivity index (χ0) is 14.5. The van der Waals surface area contributed by atoms with E-state index in [9.17, 15) is 15.1 Å². The third-order valence-corrected chi connectivity index (χ3v) is 2.59. The van der Waals surface area contributed by atoms with Gasteiger partial charge in [0.1, 0.15) is 11.5 Å². The van der Waals surface area contributed by atoms with Gasteiger partial charge in [-0.25, -0.2) is 0 Å². The molecule has 2 aromatic carbocycles. The minimum absolute atomic E-state index is 0.0746. The summed E-state index contributed by atoms with van der Waals surface area (Å²) in [4.78, 5) is 10.3. The third kappa shape index (κ3) is 3.49. The van der Waals surface area contributed by atoms with Crippen LogP contribution in [0.5, 0.6) is 11.5 Å². The van der Waals surface area contributed by atoms with E-state index in [2.05, 4.69) is 0 Å². The van der Waals surface area contributed by atoms with Crippen molar-refractivity contribution in [1.82, 2.24) is 0 Å². The van der Waals surface area contributed by atoms with E-state index in [0.29, 0.717) is 11.3 Å². The van der Waals surface area contributed by atoms with Gasteiger partial charge in [-0.15, -0.1) is 0 Å². The summed E-state index contributed by atoms with van der Waals surface area (Å²) in [6.07, 6.45) is 0. The molecule has 0 radical (unpaired) electrons. The van der Waals surface area contributed by atoms with Crippen molar-refractivity contribution in [3.63, 3.8) is 0 Å². The number of nitrogens with zero attached hydrogens (tertiary/aromatic N) is 1. The van der Waals surface area contributed by atoms with Crippen LogP contribution in [0.25, 0.3) is 0 Å². The number of nitro benzene ring substituents is 1. The second kappa shape index (κ2) is 6.07. The van der Waals surface area contributed by atoms with Crippen molar-refractivity contribution in [3.05, 3.63) is 64.2 Å².